The number of hydrogen-bond acceptors (Lipinski definition) is 5. The topological polar surface area (TPSA) is 56.7 Å². The molecule has 0 aliphatic heterocycles. The summed E-state index contributed by atoms with van der Waals surface area (Å²) in [5, 5.41) is 6.85. The Morgan fingerprint density at radius 2 is 1.07 bits per heavy atom. The van der Waals surface area contributed by atoms with Crippen LogP contribution in [0.5, 0.6) is 0 Å². The maximum absolute atomic E-state index is 6.69. The predicted octanol–water partition coefficient (Wildman–Crippen LogP) is 13.9. The van der Waals surface area contributed by atoms with Gasteiger partial charge in [-0.1, -0.05) is 127 Å². The minimum Gasteiger partial charge on any atom is -0.456 e. The van der Waals surface area contributed by atoms with Gasteiger partial charge in [-0.05, 0) is 59.7 Å². The number of rotatable bonds is 5. The summed E-state index contributed by atoms with van der Waals surface area (Å²) in [7, 11) is 0. The molecule has 6 heteroatoms. The average Bonchev–Trinajstić information content (AvgIpc) is 3.96. The Morgan fingerprint density at radius 3 is 1.93 bits per heavy atom. The van der Waals surface area contributed by atoms with Gasteiger partial charge >= 0.3 is 0 Å². The van der Waals surface area contributed by atoms with E-state index in [1.807, 2.05) is 30.3 Å². The van der Waals surface area contributed by atoms with Gasteiger partial charge in [0, 0.05) is 70.2 Å². The lowest BCUT2D eigenvalue weighted by molar-refractivity contribution is 0.668. The first-order valence-corrected chi connectivity index (χ1v) is 19.8. The van der Waals surface area contributed by atoms with Crippen molar-refractivity contribution in [1.82, 2.24) is 19.5 Å². The van der Waals surface area contributed by atoms with Crippen LogP contribution in [0.1, 0.15) is 0 Å². The Kier molecular flexibility index (Phi) is 7.03. The quantitative estimate of drug-likeness (QED) is 0.176. The fraction of sp³-hybridized carbons (Fsp3) is 0. The van der Waals surface area contributed by atoms with Gasteiger partial charge in [0.15, 0.2) is 17.5 Å². The molecule has 0 fully saturated rings. The lowest BCUT2D eigenvalue weighted by Gasteiger charge is -2.10. The third kappa shape index (κ3) is 5.04. The van der Waals surface area contributed by atoms with E-state index < -0.39 is 0 Å². The molecule has 266 valence electrons. The van der Waals surface area contributed by atoms with Crippen LogP contribution in [0.3, 0.4) is 0 Å². The molecule has 0 aliphatic rings. The van der Waals surface area contributed by atoms with E-state index in [9.17, 15) is 0 Å². The molecule has 0 spiro atoms. The van der Waals surface area contributed by atoms with Crippen LogP contribution in [-0.4, -0.2) is 19.5 Å². The molecule has 8 aromatic carbocycles. The second-order valence-electron chi connectivity index (χ2n) is 14.4. The van der Waals surface area contributed by atoms with Crippen LogP contribution in [0.2, 0.25) is 0 Å². The van der Waals surface area contributed by atoms with Crippen molar-refractivity contribution in [3.63, 3.8) is 0 Å². The van der Waals surface area contributed by atoms with Crippen LogP contribution < -0.4 is 0 Å². The highest BCUT2D eigenvalue weighted by molar-refractivity contribution is 7.26. The van der Waals surface area contributed by atoms with Crippen molar-refractivity contribution in [3.05, 3.63) is 182 Å². The van der Waals surface area contributed by atoms with Crippen LogP contribution >= 0.6 is 11.3 Å². The Bertz CT molecular complexity index is 3530. The Hall–Kier alpha value is -7.41. The minimum atomic E-state index is 0.603. The van der Waals surface area contributed by atoms with Crippen molar-refractivity contribution in [3.8, 4) is 51.0 Å². The molecule has 4 heterocycles. The van der Waals surface area contributed by atoms with E-state index in [1.165, 1.54) is 37.4 Å². The first-order valence-electron chi connectivity index (χ1n) is 19.0. The lowest BCUT2D eigenvalue weighted by atomic mass is 10.0. The highest BCUT2D eigenvalue weighted by atomic mass is 32.1. The molecule has 5 nitrogen and oxygen atoms in total. The highest BCUT2D eigenvalue weighted by Crippen LogP contribution is 2.42. The minimum absolute atomic E-state index is 0.603. The standard InChI is InChI=1S/C51H30N4OS/c1-3-13-31(14-4-1)33-25-28-43-41(29-33)35-17-7-9-22-42(35)55(43)34-26-27-38-45(30-34)56-44-23-12-20-39(47(38)44)50-52-49(32-15-5-2-6-16-32)53-51(54-50)40-21-11-19-37-36-18-8-10-24-46(36)57-48(37)40/h1-30H. The predicted molar refractivity (Wildman–Crippen MR) is 236 cm³/mol. The molecule has 0 amide bonds. The van der Waals surface area contributed by atoms with Crippen molar-refractivity contribution in [2.45, 2.75) is 0 Å². The van der Waals surface area contributed by atoms with Crippen molar-refractivity contribution in [2.24, 2.45) is 0 Å². The Balaban J connectivity index is 1.04. The van der Waals surface area contributed by atoms with E-state index in [4.69, 9.17) is 19.4 Å². The summed E-state index contributed by atoms with van der Waals surface area (Å²) in [6.07, 6.45) is 0. The molecular formula is C51H30N4OS. The zero-order valence-corrected chi connectivity index (χ0v) is 31.2. The highest BCUT2D eigenvalue weighted by Gasteiger charge is 2.21. The number of thiophene rings is 1. The number of fused-ring (bicyclic) bond motifs is 9. The summed E-state index contributed by atoms with van der Waals surface area (Å²) in [4.78, 5) is 15.5. The molecule has 0 unspecified atom stereocenters. The van der Waals surface area contributed by atoms with Crippen molar-refractivity contribution >= 4 is 75.3 Å². The largest absolute Gasteiger partial charge is 0.456 e. The van der Waals surface area contributed by atoms with Crippen LogP contribution in [0.25, 0.3) is 115 Å². The van der Waals surface area contributed by atoms with Crippen molar-refractivity contribution in [1.29, 1.82) is 0 Å². The molecule has 0 atom stereocenters. The maximum atomic E-state index is 6.69. The van der Waals surface area contributed by atoms with Crippen molar-refractivity contribution < 1.29 is 4.42 Å². The van der Waals surface area contributed by atoms with E-state index in [0.717, 1.165) is 60.0 Å². The molecule has 57 heavy (non-hydrogen) atoms. The lowest BCUT2D eigenvalue weighted by Crippen LogP contribution is -2.00. The summed E-state index contributed by atoms with van der Waals surface area (Å²) in [5.74, 6) is 1.87. The average molecular weight is 747 g/mol. The van der Waals surface area contributed by atoms with E-state index in [1.54, 1.807) is 11.3 Å². The number of para-hydroxylation sites is 1. The Morgan fingerprint density at radius 1 is 0.404 bits per heavy atom. The Labute approximate surface area is 330 Å². The van der Waals surface area contributed by atoms with Gasteiger partial charge in [0.1, 0.15) is 11.2 Å². The third-order valence-corrected chi connectivity index (χ3v) is 12.3. The fourth-order valence-corrected chi connectivity index (χ4v) is 9.67. The van der Waals surface area contributed by atoms with Gasteiger partial charge < -0.3 is 8.98 Å². The monoisotopic (exact) mass is 746 g/mol. The SMILES string of the molecule is c1ccc(-c2ccc3c(c2)c2ccccc2n3-c2ccc3c(c2)oc2cccc(-c4nc(-c5ccccc5)nc(-c5cccc6c5sc5ccccc56)n4)c23)cc1. The second kappa shape index (κ2) is 12.6. The molecule has 0 saturated carbocycles. The zero-order chi connectivity index (χ0) is 37.5. The molecule has 0 saturated heterocycles. The summed E-state index contributed by atoms with van der Waals surface area (Å²) in [6.45, 7) is 0. The van der Waals surface area contributed by atoms with E-state index in [0.29, 0.717) is 17.5 Å². The molecule has 0 N–H and O–H groups in total. The first kappa shape index (κ1) is 31.9. The smallest absolute Gasteiger partial charge is 0.165 e. The molecule has 0 radical (unpaired) electrons. The first-order chi connectivity index (χ1) is 28.2. The molecule has 4 aromatic heterocycles. The number of benzene rings is 8. The number of nitrogens with zero attached hydrogens (tertiary/aromatic N) is 4. The molecular weight excluding hydrogens is 717 g/mol. The fourth-order valence-electron chi connectivity index (χ4n) is 8.46. The summed E-state index contributed by atoms with van der Waals surface area (Å²) in [6, 6.07) is 63.7. The second-order valence-corrected chi connectivity index (χ2v) is 15.4. The van der Waals surface area contributed by atoms with Gasteiger partial charge in [0.2, 0.25) is 0 Å². The van der Waals surface area contributed by atoms with Crippen molar-refractivity contribution in [2.75, 3.05) is 0 Å². The van der Waals surface area contributed by atoms with Gasteiger partial charge in [-0.2, -0.15) is 0 Å². The summed E-state index contributed by atoms with van der Waals surface area (Å²) >= 11 is 1.78. The molecule has 12 aromatic rings. The maximum Gasteiger partial charge on any atom is 0.165 e. The van der Waals surface area contributed by atoms with Gasteiger partial charge in [-0.3, -0.25) is 0 Å². The molecule has 0 aliphatic carbocycles. The van der Waals surface area contributed by atoms with E-state index in [-0.39, 0.29) is 0 Å². The molecule has 0 bridgehead atoms. The van der Waals surface area contributed by atoms with Crippen LogP contribution in [0, 0.1) is 0 Å². The van der Waals surface area contributed by atoms with Crippen LogP contribution in [0.15, 0.2) is 186 Å². The van der Waals surface area contributed by atoms with E-state index >= 15 is 0 Å². The number of hydrogen-bond donors (Lipinski definition) is 0. The zero-order valence-electron chi connectivity index (χ0n) is 30.4. The van der Waals surface area contributed by atoms with Crippen LogP contribution in [0.4, 0.5) is 0 Å². The number of aromatic nitrogens is 4. The van der Waals surface area contributed by atoms with Gasteiger partial charge in [-0.25, -0.2) is 15.0 Å². The van der Waals surface area contributed by atoms with E-state index in [2.05, 4.69) is 156 Å². The van der Waals surface area contributed by atoms with Gasteiger partial charge in [-0.15, -0.1) is 11.3 Å². The third-order valence-electron chi connectivity index (χ3n) is 11.1. The summed E-state index contributed by atoms with van der Waals surface area (Å²) in [5.41, 5.74) is 10.1. The van der Waals surface area contributed by atoms with Gasteiger partial charge in [0.25, 0.3) is 0 Å². The normalized spacial score (nSPS) is 11.9. The summed E-state index contributed by atoms with van der Waals surface area (Å²) < 4.78 is 11.4. The number of furan rings is 1. The van der Waals surface area contributed by atoms with Gasteiger partial charge in [0.05, 0.1) is 11.0 Å². The molecule has 12 rings (SSSR count). The van der Waals surface area contributed by atoms with Crippen LogP contribution in [-0.2, 0) is 0 Å².